The summed E-state index contributed by atoms with van der Waals surface area (Å²) in [5.74, 6) is 0.127. The number of hydrogen-bond donors (Lipinski definition) is 1. The quantitative estimate of drug-likeness (QED) is 0.751. The Hall–Kier alpha value is -0.610. The normalized spacial score (nSPS) is 26.3. The second-order valence-electron chi connectivity index (χ2n) is 4.45. The number of nitrogens with zero attached hydrogens (tertiary/aromatic N) is 1. The van der Waals surface area contributed by atoms with E-state index < -0.39 is 0 Å². The number of carbonyl (C=O) groups is 1. The van der Waals surface area contributed by atoms with Gasteiger partial charge in [0.05, 0.1) is 19.1 Å². The second-order valence-corrected chi connectivity index (χ2v) is 4.45. The minimum atomic E-state index is 0.127. The molecule has 0 bridgehead atoms. The predicted octanol–water partition coefficient (Wildman–Crippen LogP) is 0.751. The molecule has 88 valence electrons. The van der Waals surface area contributed by atoms with E-state index in [0.717, 1.165) is 25.7 Å². The van der Waals surface area contributed by atoms with Crippen LogP contribution in [0.4, 0.5) is 0 Å². The Kier molecular flexibility index (Phi) is 5.05. The summed E-state index contributed by atoms with van der Waals surface area (Å²) in [7, 11) is 3.53. The highest BCUT2D eigenvalue weighted by Crippen LogP contribution is 2.19. The van der Waals surface area contributed by atoms with Crippen molar-refractivity contribution in [1.29, 1.82) is 0 Å². The van der Waals surface area contributed by atoms with Gasteiger partial charge in [-0.25, -0.2) is 0 Å². The molecule has 0 unspecified atom stereocenters. The summed E-state index contributed by atoms with van der Waals surface area (Å²) < 4.78 is 5.65. The molecule has 0 atom stereocenters. The van der Waals surface area contributed by atoms with Gasteiger partial charge < -0.3 is 15.4 Å². The highest BCUT2D eigenvalue weighted by Gasteiger charge is 2.18. The minimum absolute atomic E-state index is 0.127. The molecule has 1 aliphatic rings. The lowest BCUT2D eigenvalue weighted by Gasteiger charge is -2.26. The highest BCUT2D eigenvalue weighted by molar-refractivity contribution is 5.75. The average Bonchev–Trinajstić information content (AvgIpc) is 2.20. The number of rotatable bonds is 4. The van der Waals surface area contributed by atoms with Crippen molar-refractivity contribution in [2.45, 2.75) is 44.2 Å². The number of hydrogen-bond acceptors (Lipinski definition) is 3. The maximum atomic E-state index is 11.3. The fourth-order valence-corrected chi connectivity index (χ4v) is 1.79. The smallest absolute Gasteiger partial charge is 0.224 e. The van der Waals surface area contributed by atoms with E-state index in [-0.39, 0.29) is 5.91 Å². The summed E-state index contributed by atoms with van der Waals surface area (Å²) in [5.41, 5.74) is 5.80. The topological polar surface area (TPSA) is 55.6 Å². The van der Waals surface area contributed by atoms with Crippen LogP contribution < -0.4 is 5.73 Å². The molecule has 0 spiro atoms. The van der Waals surface area contributed by atoms with Gasteiger partial charge in [-0.3, -0.25) is 4.79 Å². The lowest BCUT2D eigenvalue weighted by Crippen LogP contribution is -2.31. The molecular weight excluding hydrogens is 192 g/mol. The standard InChI is InChI=1S/C11H22N2O2/c1-13(2)11(14)7-8-15-10-5-3-9(12)4-6-10/h9-10H,3-8,12H2,1-2H3. The zero-order chi connectivity index (χ0) is 11.3. The average molecular weight is 214 g/mol. The fraction of sp³-hybridized carbons (Fsp3) is 0.909. The Morgan fingerprint density at radius 1 is 1.33 bits per heavy atom. The van der Waals surface area contributed by atoms with Crippen molar-refractivity contribution < 1.29 is 9.53 Å². The van der Waals surface area contributed by atoms with Crippen molar-refractivity contribution in [2.75, 3.05) is 20.7 Å². The largest absolute Gasteiger partial charge is 0.378 e. The Bertz CT molecular complexity index is 199. The molecule has 0 aliphatic heterocycles. The van der Waals surface area contributed by atoms with Crippen molar-refractivity contribution in [2.24, 2.45) is 5.73 Å². The molecule has 1 amide bonds. The van der Waals surface area contributed by atoms with E-state index in [1.807, 2.05) is 0 Å². The molecule has 2 N–H and O–H groups in total. The van der Waals surface area contributed by atoms with Gasteiger partial charge in [0.15, 0.2) is 0 Å². The summed E-state index contributed by atoms with van der Waals surface area (Å²) in [4.78, 5) is 12.9. The van der Waals surface area contributed by atoms with Gasteiger partial charge in [0, 0.05) is 20.1 Å². The zero-order valence-corrected chi connectivity index (χ0v) is 9.74. The summed E-state index contributed by atoms with van der Waals surface area (Å²) in [5, 5.41) is 0. The molecule has 0 aromatic rings. The van der Waals surface area contributed by atoms with Gasteiger partial charge in [-0.2, -0.15) is 0 Å². The van der Waals surface area contributed by atoms with Crippen LogP contribution in [0.2, 0.25) is 0 Å². The van der Waals surface area contributed by atoms with Gasteiger partial charge in [-0.1, -0.05) is 0 Å². The van der Waals surface area contributed by atoms with Crippen molar-refractivity contribution in [3.63, 3.8) is 0 Å². The van der Waals surface area contributed by atoms with Gasteiger partial charge in [0.1, 0.15) is 0 Å². The summed E-state index contributed by atoms with van der Waals surface area (Å²) in [6, 6.07) is 0.355. The summed E-state index contributed by atoms with van der Waals surface area (Å²) in [6.45, 7) is 0.539. The highest BCUT2D eigenvalue weighted by atomic mass is 16.5. The first-order valence-electron chi connectivity index (χ1n) is 5.67. The Morgan fingerprint density at radius 2 is 1.93 bits per heavy atom. The first-order valence-corrected chi connectivity index (χ1v) is 5.67. The predicted molar refractivity (Wildman–Crippen MR) is 59.5 cm³/mol. The molecule has 0 aromatic heterocycles. The van der Waals surface area contributed by atoms with Crippen LogP contribution in [0.15, 0.2) is 0 Å². The molecule has 0 radical (unpaired) electrons. The molecule has 0 saturated heterocycles. The Morgan fingerprint density at radius 3 is 2.47 bits per heavy atom. The Labute approximate surface area is 91.8 Å². The number of carbonyl (C=O) groups excluding carboxylic acids is 1. The van der Waals surface area contributed by atoms with E-state index in [4.69, 9.17) is 10.5 Å². The third kappa shape index (κ3) is 4.62. The van der Waals surface area contributed by atoms with E-state index in [2.05, 4.69) is 0 Å². The van der Waals surface area contributed by atoms with Crippen molar-refractivity contribution in [1.82, 2.24) is 4.90 Å². The molecule has 1 rings (SSSR count). The molecule has 1 saturated carbocycles. The van der Waals surface area contributed by atoms with E-state index in [1.54, 1.807) is 19.0 Å². The molecule has 4 nitrogen and oxygen atoms in total. The fourth-order valence-electron chi connectivity index (χ4n) is 1.79. The van der Waals surface area contributed by atoms with E-state index in [0.29, 0.717) is 25.2 Å². The lowest BCUT2D eigenvalue weighted by molar-refractivity contribution is -0.130. The molecule has 15 heavy (non-hydrogen) atoms. The maximum absolute atomic E-state index is 11.3. The van der Waals surface area contributed by atoms with Gasteiger partial charge in [0.2, 0.25) is 5.91 Å². The van der Waals surface area contributed by atoms with Crippen LogP contribution in [0.1, 0.15) is 32.1 Å². The SMILES string of the molecule is CN(C)C(=O)CCOC1CCC(N)CC1. The summed E-state index contributed by atoms with van der Waals surface area (Å²) in [6.07, 6.45) is 4.97. The molecule has 0 heterocycles. The molecule has 1 aliphatic carbocycles. The number of amides is 1. The van der Waals surface area contributed by atoms with Crippen molar-refractivity contribution in [3.8, 4) is 0 Å². The van der Waals surface area contributed by atoms with Crippen LogP contribution >= 0.6 is 0 Å². The summed E-state index contributed by atoms with van der Waals surface area (Å²) >= 11 is 0. The van der Waals surface area contributed by atoms with Crippen molar-refractivity contribution >= 4 is 5.91 Å². The third-order valence-corrected chi connectivity index (χ3v) is 2.89. The van der Waals surface area contributed by atoms with Crippen LogP contribution in [0.25, 0.3) is 0 Å². The van der Waals surface area contributed by atoms with Gasteiger partial charge in [-0.05, 0) is 25.7 Å². The first-order chi connectivity index (χ1) is 7.09. The zero-order valence-electron chi connectivity index (χ0n) is 9.74. The maximum Gasteiger partial charge on any atom is 0.224 e. The van der Waals surface area contributed by atoms with Crippen LogP contribution in [0.3, 0.4) is 0 Å². The van der Waals surface area contributed by atoms with Gasteiger partial charge in [-0.15, -0.1) is 0 Å². The van der Waals surface area contributed by atoms with Crippen LogP contribution in [0.5, 0.6) is 0 Å². The number of nitrogens with two attached hydrogens (primary N) is 1. The van der Waals surface area contributed by atoms with E-state index in [1.165, 1.54) is 0 Å². The minimum Gasteiger partial charge on any atom is -0.378 e. The lowest BCUT2D eigenvalue weighted by atomic mass is 9.94. The molecular formula is C11H22N2O2. The van der Waals surface area contributed by atoms with Gasteiger partial charge >= 0.3 is 0 Å². The Balaban J connectivity index is 2.08. The van der Waals surface area contributed by atoms with E-state index >= 15 is 0 Å². The first kappa shape index (κ1) is 12.5. The molecule has 0 aromatic carbocycles. The molecule has 4 heteroatoms. The van der Waals surface area contributed by atoms with Crippen LogP contribution in [-0.2, 0) is 9.53 Å². The van der Waals surface area contributed by atoms with Crippen molar-refractivity contribution in [3.05, 3.63) is 0 Å². The van der Waals surface area contributed by atoms with Crippen LogP contribution in [0, 0.1) is 0 Å². The second kappa shape index (κ2) is 6.08. The monoisotopic (exact) mass is 214 g/mol. The number of ether oxygens (including phenoxy) is 1. The third-order valence-electron chi connectivity index (χ3n) is 2.89. The van der Waals surface area contributed by atoms with Crippen LogP contribution in [-0.4, -0.2) is 43.7 Å². The van der Waals surface area contributed by atoms with Gasteiger partial charge in [0.25, 0.3) is 0 Å². The molecule has 1 fully saturated rings. The van der Waals surface area contributed by atoms with E-state index in [9.17, 15) is 4.79 Å².